The van der Waals surface area contributed by atoms with E-state index in [0.29, 0.717) is 12.2 Å². The van der Waals surface area contributed by atoms with Crippen molar-refractivity contribution < 1.29 is 4.39 Å². The van der Waals surface area contributed by atoms with Crippen molar-refractivity contribution in [3.63, 3.8) is 0 Å². The number of anilines is 2. The van der Waals surface area contributed by atoms with Crippen LogP contribution in [0.15, 0.2) is 24.4 Å². The lowest BCUT2D eigenvalue weighted by Crippen LogP contribution is -2.15. The fraction of sp³-hybridized carbons (Fsp3) is 0.357. The van der Waals surface area contributed by atoms with Crippen LogP contribution in [0.1, 0.15) is 11.3 Å². The third kappa shape index (κ3) is 2.70. The summed E-state index contributed by atoms with van der Waals surface area (Å²) in [5.41, 5.74) is 2.46. The van der Waals surface area contributed by atoms with Crippen LogP contribution in [-0.2, 0) is 13.6 Å². The zero-order chi connectivity index (χ0) is 14.0. The zero-order valence-electron chi connectivity index (χ0n) is 11.7. The van der Waals surface area contributed by atoms with Gasteiger partial charge in [-0.2, -0.15) is 0 Å². The monoisotopic (exact) mass is 262 g/mol. The first-order chi connectivity index (χ1) is 9.00. The number of rotatable bonds is 4. The minimum absolute atomic E-state index is 0.227. The molecule has 2 rings (SSSR count). The van der Waals surface area contributed by atoms with E-state index in [1.165, 1.54) is 6.07 Å². The van der Waals surface area contributed by atoms with Crippen LogP contribution < -0.4 is 10.2 Å². The molecule has 4 nitrogen and oxygen atoms in total. The number of benzene rings is 1. The van der Waals surface area contributed by atoms with Gasteiger partial charge in [-0.05, 0) is 18.6 Å². The summed E-state index contributed by atoms with van der Waals surface area (Å²) in [6.07, 6.45) is 1.80. The molecule has 0 spiro atoms. The maximum Gasteiger partial charge on any atom is 0.204 e. The van der Waals surface area contributed by atoms with Crippen LogP contribution in [0, 0.1) is 12.7 Å². The summed E-state index contributed by atoms with van der Waals surface area (Å²) >= 11 is 0. The van der Waals surface area contributed by atoms with Gasteiger partial charge in [-0.1, -0.05) is 12.1 Å². The molecule has 0 radical (unpaired) electrons. The van der Waals surface area contributed by atoms with Gasteiger partial charge in [0.15, 0.2) is 0 Å². The molecule has 102 valence electrons. The summed E-state index contributed by atoms with van der Waals surface area (Å²) in [6.45, 7) is 2.43. The molecule has 0 saturated heterocycles. The number of hydrogen-bond acceptors (Lipinski definition) is 3. The average Bonchev–Trinajstić information content (AvgIpc) is 2.70. The molecule has 0 aliphatic carbocycles. The van der Waals surface area contributed by atoms with Gasteiger partial charge in [0, 0.05) is 21.1 Å². The Balaban J connectivity index is 2.15. The van der Waals surface area contributed by atoms with Gasteiger partial charge in [0.1, 0.15) is 5.82 Å². The van der Waals surface area contributed by atoms with Gasteiger partial charge >= 0.3 is 0 Å². The van der Waals surface area contributed by atoms with Crippen LogP contribution in [0.5, 0.6) is 0 Å². The second-order valence-electron chi connectivity index (χ2n) is 4.79. The van der Waals surface area contributed by atoms with Gasteiger partial charge in [0.25, 0.3) is 0 Å². The van der Waals surface area contributed by atoms with Crippen LogP contribution in [0.3, 0.4) is 0 Å². The minimum Gasteiger partial charge on any atom is -0.377 e. The lowest BCUT2D eigenvalue weighted by Gasteiger charge is -2.14. The Morgan fingerprint density at radius 2 is 2.11 bits per heavy atom. The van der Waals surface area contributed by atoms with E-state index in [2.05, 4.69) is 10.3 Å². The quantitative estimate of drug-likeness (QED) is 0.919. The Hall–Kier alpha value is -2.04. The lowest BCUT2D eigenvalue weighted by molar-refractivity contribution is 0.628. The van der Waals surface area contributed by atoms with Crippen molar-refractivity contribution in [3.05, 3.63) is 41.5 Å². The first-order valence-electron chi connectivity index (χ1n) is 6.17. The van der Waals surface area contributed by atoms with Gasteiger partial charge in [-0.15, -0.1) is 0 Å². The van der Waals surface area contributed by atoms with E-state index in [1.807, 2.05) is 43.6 Å². The summed E-state index contributed by atoms with van der Waals surface area (Å²) in [7, 11) is 5.84. The molecule has 1 aromatic heterocycles. The topological polar surface area (TPSA) is 33.1 Å². The van der Waals surface area contributed by atoms with Gasteiger partial charge < -0.3 is 14.8 Å². The number of halogens is 1. The Morgan fingerprint density at radius 1 is 1.37 bits per heavy atom. The Labute approximate surface area is 112 Å². The molecular formula is C14H19FN4. The molecule has 0 amide bonds. The SMILES string of the molecule is Cc1cccc(F)c1NCc1cnc(N(C)C)n1C. The van der Waals surface area contributed by atoms with E-state index >= 15 is 0 Å². The average molecular weight is 262 g/mol. The molecule has 1 N–H and O–H groups in total. The van der Waals surface area contributed by atoms with Crippen LogP contribution in [-0.4, -0.2) is 23.6 Å². The predicted molar refractivity (Wildman–Crippen MR) is 76.0 cm³/mol. The molecule has 0 bridgehead atoms. The van der Waals surface area contributed by atoms with Gasteiger partial charge in [-0.25, -0.2) is 9.37 Å². The van der Waals surface area contributed by atoms with Crippen molar-refractivity contribution in [1.29, 1.82) is 0 Å². The van der Waals surface area contributed by atoms with E-state index < -0.39 is 0 Å². The highest BCUT2D eigenvalue weighted by molar-refractivity contribution is 5.52. The molecule has 5 heteroatoms. The van der Waals surface area contributed by atoms with E-state index in [-0.39, 0.29) is 5.82 Å². The summed E-state index contributed by atoms with van der Waals surface area (Å²) in [5, 5.41) is 3.14. The van der Waals surface area contributed by atoms with Crippen molar-refractivity contribution in [2.75, 3.05) is 24.3 Å². The molecule has 1 heterocycles. The Morgan fingerprint density at radius 3 is 2.68 bits per heavy atom. The van der Waals surface area contributed by atoms with Crippen LogP contribution >= 0.6 is 0 Å². The number of imidazole rings is 1. The Bertz CT molecular complexity index is 555. The summed E-state index contributed by atoms with van der Waals surface area (Å²) in [6, 6.07) is 5.06. The van der Waals surface area contributed by atoms with Crippen molar-refractivity contribution in [3.8, 4) is 0 Å². The molecule has 0 atom stereocenters. The van der Waals surface area contributed by atoms with E-state index in [1.54, 1.807) is 12.3 Å². The lowest BCUT2D eigenvalue weighted by atomic mass is 10.2. The molecule has 0 unspecified atom stereocenters. The van der Waals surface area contributed by atoms with Crippen molar-refractivity contribution in [2.24, 2.45) is 7.05 Å². The normalized spacial score (nSPS) is 10.6. The third-order valence-electron chi connectivity index (χ3n) is 3.13. The minimum atomic E-state index is -0.227. The fourth-order valence-corrected chi connectivity index (χ4v) is 2.05. The number of nitrogens with one attached hydrogen (secondary N) is 1. The van der Waals surface area contributed by atoms with E-state index in [0.717, 1.165) is 17.2 Å². The van der Waals surface area contributed by atoms with E-state index in [4.69, 9.17) is 0 Å². The molecule has 19 heavy (non-hydrogen) atoms. The number of hydrogen-bond donors (Lipinski definition) is 1. The number of aryl methyl sites for hydroxylation is 1. The van der Waals surface area contributed by atoms with Crippen LogP contribution in [0.2, 0.25) is 0 Å². The standard InChI is InChI=1S/C14H19FN4/c1-10-6-5-7-12(15)13(10)16-8-11-9-17-14(18(2)3)19(11)4/h5-7,9,16H,8H2,1-4H3. The molecule has 2 aromatic rings. The second kappa shape index (κ2) is 5.30. The van der Waals surface area contributed by atoms with Crippen molar-refractivity contribution in [1.82, 2.24) is 9.55 Å². The number of aromatic nitrogens is 2. The van der Waals surface area contributed by atoms with Crippen molar-refractivity contribution in [2.45, 2.75) is 13.5 Å². The first kappa shape index (κ1) is 13.4. The smallest absolute Gasteiger partial charge is 0.204 e. The highest BCUT2D eigenvalue weighted by atomic mass is 19.1. The van der Waals surface area contributed by atoms with Gasteiger partial charge in [0.05, 0.1) is 24.1 Å². The maximum absolute atomic E-state index is 13.7. The van der Waals surface area contributed by atoms with Crippen LogP contribution in [0.25, 0.3) is 0 Å². The van der Waals surface area contributed by atoms with Crippen molar-refractivity contribution >= 4 is 11.6 Å². The Kier molecular flexibility index (Phi) is 3.74. The molecule has 0 aliphatic heterocycles. The zero-order valence-corrected chi connectivity index (χ0v) is 11.7. The van der Waals surface area contributed by atoms with Crippen LogP contribution in [0.4, 0.5) is 16.0 Å². The van der Waals surface area contributed by atoms with Gasteiger partial charge in [0.2, 0.25) is 5.95 Å². The molecule has 1 aromatic carbocycles. The van der Waals surface area contributed by atoms with E-state index in [9.17, 15) is 4.39 Å². The number of para-hydroxylation sites is 1. The summed E-state index contributed by atoms with van der Waals surface area (Å²) < 4.78 is 15.7. The number of nitrogens with zero attached hydrogens (tertiary/aromatic N) is 3. The van der Waals surface area contributed by atoms with Gasteiger partial charge in [-0.3, -0.25) is 0 Å². The second-order valence-corrected chi connectivity index (χ2v) is 4.79. The molecule has 0 saturated carbocycles. The molecule has 0 aliphatic rings. The highest BCUT2D eigenvalue weighted by Crippen LogP contribution is 2.20. The summed E-state index contributed by atoms with van der Waals surface area (Å²) in [4.78, 5) is 6.27. The third-order valence-corrected chi connectivity index (χ3v) is 3.13. The highest BCUT2D eigenvalue weighted by Gasteiger charge is 2.09. The molecule has 0 fully saturated rings. The first-order valence-corrected chi connectivity index (χ1v) is 6.17. The largest absolute Gasteiger partial charge is 0.377 e. The molecular weight excluding hydrogens is 243 g/mol. The maximum atomic E-state index is 13.7. The summed E-state index contributed by atoms with van der Waals surface area (Å²) in [5.74, 6) is 0.650. The fourth-order valence-electron chi connectivity index (χ4n) is 2.05. The predicted octanol–water partition coefficient (Wildman–Crippen LogP) is 2.55.